The van der Waals surface area contributed by atoms with Crippen LogP contribution in [-0.2, 0) is 9.53 Å². The number of nitrogens with zero attached hydrogens (tertiary/aromatic N) is 2. The molecule has 0 unspecified atom stereocenters. The highest BCUT2D eigenvalue weighted by atomic mass is 32.2. The van der Waals surface area contributed by atoms with Crippen LogP contribution in [0.3, 0.4) is 0 Å². The van der Waals surface area contributed by atoms with Gasteiger partial charge in [0.05, 0.1) is 11.5 Å². The van der Waals surface area contributed by atoms with Crippen LogP contribution in [0.2, 0.25) is 0 Å². The molecule has 8 nitrogen and oxygen atoms in total. The van der Waals surface area contributed by atoms with E-state index in [0.717, 1.165) is 16.7 Å². The summed E-state index contributed by atoms with van der Waals surface area (Å²) < 4.78 is 24.2. The van der Waals surface area contributed by atoms with E-state index in [1.54, 1.807) is 18.2 Å². The molecule has 162 valence electrons. The predicted molar refractivity (Wildman–Crippen MR) is 113 cm³/mol. The first-order valence-corrected chi connectivity index (χ1v) is 10.2. The smallest absolute Gasteiger partial charge is 0.293 e. The van der Waals surface area contributed by atoms with Gasteiger partial charge in [0.1, 0.15) is 18.0 Å². The lowest BCUT2D eigenvalue weighted by atomic mass is 10.2. The molecule has 3 amide bonds. The average molecular weight is 445 g/mol. The Morgan fingerprint density at radius 1 is 1.23 bits per heavy atom. The first-order valence-electron chi connectivity index (χ1n) is 9.36. The number of pyridine rings is 1. The van der Waals surface area contributed by atoms with Crippen LogP contribution >= 0.6 is 11.8 Å². The minimum Gasteiger partial charge on any atom is -0.475 e. The number of nitrogens with one attached hydrogen (secondary N) is 1. The maximum atomic E-state index is 13.8. The van der Waals surface area contributed by atoms with Gasteiger partial charge in [0, 0.05) is 32.0 Å². The molecule has 3 rings (SSSR count). The minimum absolute atomic E-state index is 0.0227. The SMILES string of the molecule is COCCOc1ncccc1C(=O)NCCN1C(=O)S/C(=C\c2ccccc2F)C1=O. The molecular formula is C21H20FN3O5S. The van der Waals surface area contributed by atoms with Crippen LogP contribution in [0, 0.1) is 5.82 Å². The van der Waals surface area contributed by atoms with Crippen LogP contribution in [0.5, 0.6) is 5.88 Å². The second-order valence-corrected chi connectivity index (χ2v) is 7.30. The van der Waals surface area contributed by atoms with Gasteiger partial charge in [-0.25, -0.2) is 9.37 Å². The lowest BCUT2D eigenvalue weighted by Gasteiger charge is -2.14. The van der Waals surface area contributed by atoms with Crippen LogP contribution in [-0.4, -0.2) is 60.4 Å². The maximum absolute atomic E-state index is 13.8. The lowest BCUT2D eigenvalue weighted by molar-refractivity contribution is -0.122. The van der Waals surface area contributed by atoms with Gasteiger partial charge in [-0.2, -0.15) is 0 Å². The number of hydrogen-bond acceptors (Lipinski definition) is 7. The third kappa shape index (κ3) is 5.68. The number of benzene rings is 1. The quantitative estimate of drug-likeness (QED) is 0.468. The van der Waals surface area contributed by atoms with E-state index in [0.29, 0.717) is 6.61 Å². The fourth-order valence-electron chi connectivity index (χ4n) is 2.70. The van der Waals surface area contributed by atoms with E-state index in [2.05, 4.69) is 10.3 Å². The van der Waals surface area contributed by atoms with E-state index in [1.807, 2.05) is 0 Å². The van der Waals surface area contributed by atoms with E-state index < -0.39 is 22.9 Å². The van der Waals surface area contributed by atoms with Gasteiger partial charge in [-0.3, -0.25) is 19.3 Å². The standard InChI is InChI=1S/C21H20FN3O5S/c1-29-11-12-30-19-15(6-4-8-24-19)18(26)23-9-10-25-20(27)17(31-21(25)28)13-14-5-2-3-7-16(14)22/h2-8,13H,9-12H2,1H3,(H,23,26)/b17-13-. The summed E-state index contributed by atoms with van der Waals surface area (Å²) in [6.45, 7) is 0.595. The summed E-state index contributed by atoms with van der Waals surface area (Å²) in [6.07, 6.45) is 2.85. The second kappa shape index (κ2) is 10.7. The molecule has 31 heavy (non-hydrogen) atoms. The molecule has 10 heteroatoms. The number of imide groups is 1. The van der Waals surface area contributed by atoms with Gasteiger partial charge in [0.25, 0.3) is 17.1 Å². The monoisotopic (exact) mass is 445 g/mol. The Bertz CT molecular complexity index is 1010. The number of ether oxygens (including phenoxy) is 2. The molecule has 0 aliphatic carbocycles. The first-order chi connectivity index (χ1) is 15.0. The summed E-state index contributed by atoms with van der Waals surface area (Å²) in [7, 11) is 1.53. The number of rotatable bonds is 9. The Morgan fingerprint density at radius 2 is 2.03 bits per heavy atom. The molecule has 1 aromatic heterocycles. The van der Waals surface area contributed by atoms with Crippen molar-refractivity contribution >= 4 is 34.9 Å². The fourth-order valence-corrected chi connectivity index (χ4v) is 3.56. The molecule has 0 radical (unpaired) electrons. The molecule has 0 bridgehead atoms. The third-order valence-electron chi connectivity index (χ3n) is 4.23. The highest BCUT2D eigenvalue weighted by Crippen LogP contribution is 2.32. The van der Waals surface area contributed by atoms with Gasteiger partial charge in [-0.15, -0.1) is 0 Å². The van der Waals surface area contributed by atoms with Gasteiger partial charge in [0.2, 0.25) is 5.88 Å². The summed E-state index contributed by atoms with van der Waals surface area (Å²) in [5, 5.41) is 2.17. The van der Waals surface area contributed by atoms with E-state index in [9.17, 15) is 18.8 Å². The number of amides is 3. The van der Waals surface area contributed by atoms with Gasteiger partial charge in [-0.05, 0) is 36.0 Å². The number of thioether (sulfide) groups is 1. The molecule has 1 aliphatic rings. The Kier molecular flexibility index (Phi) is 7.74. The molecule has 2 aromatic rings. The Morgan fingerprint density at radius 3 is 2.81 bits per heavy atom. The van der Waals surface area contributed by atoms with E-state index in [4.69, 9.17) is 9.47 Å². The molecule has 1 saturated heterocycles. The van der Waals surface area contributed by atoms with Gasteiger partial charge < -0.3 is 14.8 Å². The molecule has 0 saturated carbocycles. The third-order valence-corrected chi connectivity index (χ3v) is 5.14. The van der Waals surface area contributed by atoms with Crippen molar-refractivity contribution in [2.75, 3.05) is 33.4 Å². The van der Waals surface area contributed by atoms with E-state index in [1.165, 1.54) is 37.6 Å². The van der Waals surface area contributed by atoms with Gasteiger partial charge >= 0.3 is 0 Å². The number of carbonyl (C=O) groups is 3. The summed E-state index contributed by atoms with van der Waals surface area (Å²) >= 11 is 0.732. The van der Waals surface area contributed by atoms with E-state index in [-0.39, 0.29) is 41.6 Å². The van der Waals surface area contributed by atoms with Crippen LogP contribution in [0.15, 0.2) is 47.5 Å². The Balaban J connectivity index is 1.58. The first kappa shape index (κ1) is 22.4. The molecule has 0 spiro atoms. The van der Waals surface area contributed by atoms with Crippen molar-refractivity contribution < 1.29 is 28.2 Å². The van der Waals surface area contributed by atoms with Crippen LogP contribution in [0.1, 0.15) is 15.9 Å². The maximum Gasteiger partial charge on any atom is 0.293 e. The zero-order valence-electron chi connectivity index (χ0n) is 16.7. The zero-order chi connectivity index (χ0) is 22.2. The summed E-state index contributed by atoms with van der Waals surface area (Å²) in [5.74, 6) is -1.30. The van der Waals surface area contributed by atoms with Crippen molar-refractivity contribution in [2.24, 2.45) is 0 Å². The molecule has 1 fully saturated rings. The number of aromatic nitrogens is 1. The largest absolute Gasteiger partial charge is 0.475 e. The molecular weight excluding hydrogens is 425 g/mol. The normalized spacial score (nSPS) is 14.9. The van der Waals surface area contributed by atoms with Crippen LogP contribution < -0.4 is 10.1 Å². The van der Waals surface area contributed by atoms with Crippen LogP contribution in [0.25, 0.3) is 6.08 Å². The van der Waals surface area contributed by atoms with Crippen molar-refractivity contribution in [1.29, 1.82) is 0 Å². The highest BCUT2D eigenvalue weighted by molar-refractivity contribution is 8.18. The summed E-state index contributed by atoms with van der Waals surface area (Å²) in [6, 6.07) is 9.13. The van der Waals surface area contributed by atoms with Gasteiger partial charge in [-0.1, -0.05) is 18.2 Å². The topological polar surface area (TPSA) is 97.8 Å². The predicted octanol–water partition coefficient (Wildman–Crippen LogP) is 2.71. The summed E-state index contributed by atoms with van der Waals surface area (Å²) in [4.78, 5) is 42.4. The Labute approximate surface area is 182 Å². The number of carbonyl (C=O) groups excluding carboxylic acids is 3. The fraction of sp³-hybridized carbons (Fsp3) is 0.238. The van der Waals surface area contributed by atoms with Crippen LogP contribution in [0.4, 0.5) is 9.18 Å². The lowest BCUT2D eigenvalue weighted by Crippen LogP contribution is -2.37. The van der Waals surface area contributed by atoms with Crippen molar-refractivity contribution in [3.63, 3.8) is 0 Å². The molecule has 1 aliphatic heterocycles. The van der Waals surface area contributed by atoms with Crippen molar-refractivity contribution in [3.05, 3.63) is 64.4 Å². The summed E-state index contributed by atoms with van der Waals surface area (Å²) in [5.41, 5.74) is 0.450. The van der Waals surface area contributed by atoms with Gasteiger partial charge in [0.15, 0.2) is 0 Å². The minimum atomic E-state index is -0.530. The molecule has 2 heterocycles. The number of hydrogen-bond donors (Lipinski definition) is 1. The highest BCUT2D eigenvalue weighted by Gasteiger charge is 2.34. The van der Waals surface area contributed by atoms with E-state index >= 15 is 0 Å². The van der Waals surface area contributed by atoms with Crippen molar-refractivity contribution in [2.45, 2.75) is 0 Å². The molecule has 1 aromatic carbocycles. The Hall–Kier alpha value is -3.24. The number of methoxy groups -OCH3 is 1. The average Bonchev–Trinajstić information content (AvgIpc) is 3.03. The molecule has 0 atom stereocenters. The molecule has 1 N–H and O–H groups in total. The number of halogens is 1. The second-order valence-electron chi connectivity index (χ2n) is 6.31. The zero-order valence-corrected chi connectivity index (χ0v) is 17.5. The van der Waals surface area contributed by atoms with Crippen molar-refractivity contribution in [1.82, 2.24) is 15.2 Å². The van der Waals surface area contributed by atoms with Crippen molar-refractivity contribution in [3.8, 4) is 5.88 Å².